The fourth-order valence-electron chi connectivity index (χ4n) is 2.22. The van der Waals surface area contributed by atoms with Crippen molar-refractivity contribution in [1.29, 1.82) is 0 Å². The molecule has 1 aromatic carbocycles. The molecule has 0 spiro atoms. The summed E-state index contributed by atoms with van der Waals surface area (Å²) in [5.41, 5.74) is 3.77. The maximum absolute atomic E-state index is 13.3. The van der Waals surface area contributed by atoms with Crippen molar-refractivity contribution in [2.45, 2.75) is 44.6 Å². The Balaban J connectivity index is 2.05. The number of carbonyl (C=O) groups is 2. The van der Waals surface area contributed by atoms with Crippen LogP contribution in [-0.2, 0) is 25.8 Å². The number of esters is 1. The zero-order valence-electron chi connectivity index (χ0n) is 13.4. The quantitative estimate of drug-likeness (QED) is 0.502. The molecule has 1 aromatic rings. The lowest BCUT2D eigenvalue weighted by Crippen LogP contribution is -2.82. The van der Waals surface area contributed by atoms with Crippen LogP contribution in [0.4, 0.5) is 4.39 Å². The highest BCUT2D eigenvalue weighted by Gasteiger charge is 2.66. The molecule has 1 heterocycles. The number of ether oxygens (including phenoxy) is 1. The van der Waals surface area contributed by atoms with Crippen LogP contribution in [0.3, 0.4) is 0 Å². The number of amides is 1. The molecular weight excluding hydrogens is 303 g/mol. The number of halogens is 1. The summed E-state index contributed by atoms with van der Waals surface area (Å²) in [7, 11) is 0. The molecule has 0 unspecified atom stereocenters. The largest absolute Gasteiger partial charge is 0.458 e. The molecule has 1 aliphatic heterocycles. The molecule has 7 heteroatoms. The predicted molar refractivity (Wildman–Crippen MR) is 80.6 cm³/mol. The second-order valence-electron chi connectivity index (χ2n) is 6.43. The normalized spacial score (nSPS) is 24.3. The van der Waals surface area contributed by atoms with Crippen LogP contribution in [0.5, 0.6) is 0 Å². The van der Waals surface area contributed by atoms with Gasteiger partial charge in [0, 0.05) is 0 Å². The molecule has 2 rings (SSSR count). The van der Waals surface area contributed by atoms with Crippen molar-refractivity contribution in [3.8, 4) is 0 Å². The van der Waals surface area contributed by atoms with Gasteiger partial charge in [0.1, 0.15) is 24.9 Å². The lowest BCUT2D eigenvalue weighted by molar-refractivity contribution is -0.257. The number of rotatable bonds is 5. The van der Waals surface area contributed by atoms with Gasteiger partial charge in [-0.1, -0.05) is 30.3 Å². The average Bonchev–Trinajstić information content (AvgIpc) is 2.49. The van der Waals surface area contributed by atoms with Gasteiger partial charge in [-0.15, -0.1) is 0 Å². The fourth-order valence-corrected chi connectivity index (χ4v) is 2.22. The lowest BCUT2D eigenvalue weighted by atomic mass is 9.82. The Morgan fingerprint density at radius 1 is 1.35 bits per heavy atom. The van der Waals surface area contributed by atoms with Gasteiger partial charge in [0.25, 0.3) is 5.91 Å². The van der Waals surface area contributed by atoms with Crippen LogP contribution in [0.25, 0.3) is 0 Å². The van der Waals surface area contributed by atoms with E-state index in [1.807, 2.05) is 18.2 Å². The van der Waals surface area contributed by atoms with Crippen molar-refractivity contribution in [1.82, 2.24) is 5.06 Å². The van der Waals surface area contributed by atoms with E-state index in [0.717, 1.165) is 10.6 Å². The number of alkyl halides is 1. The highest BCUT2D eigenvalue weighted by molar-refractivity contribution is 6.12. The van der Waals surface area contributed by atoms with E-state index in [9.17, 15) is 14.0 Å². The summed E-state index contributed by atoms with van der Waals surface area (Å²) in [5, 5.41) is 0.816. The standard InChI is InChI=1S/C16H21FN2O4/c1-15(2,3)23-14(21)16(18)12(9-17)19(13(16)20)22-10-11-7-5-4-6-8-11/h4-8,12H,9-10,18H2,1-3H3/t12-,16-/m0/s1. The minimum atomic E-state index is -2.04. The van der Waals surface area contributed by atoms with Gasteiger partial charge in [-0.3, -0.25) is 9.63 Å². The Morgan fingerprint density at radius 2 is 1.96 bits per heavy atom. The van der Waals surface area contributed by atoms with Gasteiger partial charge in [-0.05, 0) is 26.3 Å². The van der Waals surface area contributed by atoms with Crippen molar-refractivity contribution in [2.24, 2.45) is 5.73 Å². The van der Waals surface area contributed by atoms with E-state index < -0.39 is 35.7 Å². The van der Waals surface area contributed by atoms with E-state index >= 15 is 0 Å². The van der Waals surface area contributed by atoms with Gasteiger partial charge in [-0.2, -0.15) is 0 Å². The number of nitrogens with two attached hydrogens (primary N) is 1. The molecule has 2 N–H and O–H groups in total. The molecule has 0 bridgehead atoms. The lowest BCUT2D eigenvalue weighted by Gasteiger charge is -2.49. The molecule has 1 fully saturated rings. The molecule has 2 atom stereocenters. The highest BCUT2D eigenvalue weighted by atomic mass is 19.1. The van der Waals surface area contributed by atoms with E-state index in [4.69, 9.17) is 15.3 Å². The van der Waals surface area contributed by atoms with Gasteiger partial charge >= 0.3 is 5.97 Å². The van der Waals surface area contributed by atoms with Gasteiger partial charge in [0.15, 0.2) is 0 Å². The molecule has 1 amide bonds. The highest BCUT2D eigenvalue weighted by Crippen LogP contribution is 2.32. The number of β-lactam (4-membered cyclic amide) rings is 1. The van der Waals surface area contributed by atoms with E-state index in [-0.39, 0.29) is 6.61 Å². The molecule has 126 valence electrons. The van der Waals surface area contributed by atoms with Crippen LogP contribution in [-0.4, -0.2) is 40.8 Å². The molecule has 1 saturated heterocycles. The Bertz CT molecular complexity index is 587. The maximum Gasteiger partial charge on any atom is 0.339 e. The Hall–Kier alpha value is -1.99. The van der Waals surface area contributed by atoms with Crippen LogP contribution in [0.15, 0.2) is 30.3 Å². The van der Waals surface area contributed by atoms with Crippen molar-refractivity contribution in [3.63, 3.8) is 0 Å². The van der Waals surface area contributed by atoms with Crippen LogP contribution in [0.1, 0.15) is 26.3 Å². The summed E-state index contributed by atoms with van der Waals surface area (Å²) in [4.78, 5) is 29.7. The smallest absolute Gasteiger partial charge is 0.339 e. The zero-order valence-corrected chi connectivity index (χ0v) is 13.4. The first-order valence-corrected chi connectivity index (χ1v) is 7.29. The summed E-state index contributed by atoms with van der Waals surface area (Å²) in [6, 6.07) is 7.88. The molecule has 23 heavy (non-hydrogen) atoms. The Morgan fingerprint density at radius 3 is 2.48 bits per heavy atom. The molecular formula is C16H21FN2O4. The van der Waals surface area contributed by atoms with Gasteiger partial charge in [-0.25, -0.2) is 14.2 Å². The topological polar surface area (TPSA) is 81.9 Å². The van der Waals surface area contributed by atoms with E-state index in [0.29, 0.717) is 0 Å². The summed E-state index contributed by atoms with van der Waals surface area (Å²) >= 11 is 0. The molecule has 6 nitrogen and oxygen atoms in total. The number of benzene rings is 1. The van der Waals surface area contributed by atoms with Gasteiger partial charge in [0.2, 0.25) is 5.54 Å². The van der Waals surface area contributed by atoms with Crippen molar-refractivity contribution in [2.75, 3.05) is 6.67 Å². The first kappa shape index (κ1) is 17.4. The second kappa shape index (κ2) is 6.25. The molecule has 1 aliphatic rings. The van der Waals surface area contributed by atoms with Gasteiger partial charge in [0.05, 0.1) is 0 Å². The van der Waals surface area contributed by atoms with Crippen molar-refractivity contribution >= 4 is 11.9 Å². The van der Waals surface area contributed by atoms with Crippen LogP contribution in [0, 0.1) is 0 Å². The van der Waals surface area contributed by atoms with Crippen molar-refractivity contribution in [3.05, 3.63) is 35.9 Å². The van der Waals surface area contributed by atoms with E-state index in [2.05, 4.69) is 0 Å². The zero-order chi connectivity index (χ0) is 17.3. The third-order valence-corrected chi connectivity index (χ3v) is 3.46. The number of hydrogen-bond acceptors (Lipinski definition) is 5. The van der Waals surface area contributed by atoms with E-state index in [1.165, 1.54) is 0 Å². The third-order valence-electron chi connectivity index (χ3n) is 3.46. The predicted octanol–water partition coefficient (Wildman–Crippen LogP) is 1.34. The van der Waals surface area contributed by atoms with Crippen LogP contribution in [0.2, 0.25) is 0 Å². The Labute approximate surface area is 134 Å². The number of hydrogen-bond donors (Lipinski definition) is 1. The first-order valence-electron chi connectivity index (χ1n) is 7.29. The Kier molecular flexibility index (Phi) is 4.72. The summed E-state index contributed by atoms with van der Waals surface area (Å²) in [5.74, 6) is -1.75. The minimum Gasteiger partial charge on any atom is -0.458 e. The van der Waals surface area contributed by atoms with Crippen LogP contribution < -0.4 is 5.73 Å². The van der Waals surface area contributed by atoms with Crippen LogP contribution >= 0.6 is 0 Å². The van der Waals surface area contributed by atoms with Crippen molar-refractivity contribution < 1.29 is 23.6 Å². The third kappa shape index (κ3) is 3.35. The minimum absolute atomic E-state index is 0.0769. The maximum atomic E-state index is 13.3. The number of hydroxylamine groups is 2. The fraction of sp³-hybridized carbons (Fsp3) is 0.500. The second-order valence-corrected chi connectivity index (χ2v) is 6.43. The molecule has 0 radical (unpaired) electrons. The molecule has 0 saturated carbocycles. The number of nitrogens with zero attached hydrogens (tertiary/aromatic N) is 1. The monoisotopic (exact) mass is 324 g/mol. The summed E-state index contributed by atoms with van der Waals surface area (Å²) in [6.45, 7) is 4.01. The summed E-state index contributed by atoms with van der Waals surface area (Å²) < 4.78 is 18.4. The number of carbonyl (C=O) groups excluding carboxylic acids is 2. The molecule has 0 aromatic heterocycles. The first-order chi connectivity index (χ1) is 10.7. The SMILES string of the molecule is CC(C)(C)OC(=O)[C@@]1(N)C(=O)N(OCc2ccccc2)[C@H]1CF. The van der Waals surface area contributed by atoms with E-state index in [1.54, 1.807) is 32.9 Å². The molecule has 0 aliphatic carbocycles. The van der Waals surface area contributed by atoms with Gasteiger partial charge < -0.3 is 10.5 Å². The summed E-state index contributed by atoms with van der Waals surface area (Å²) in [6.07, 6.45) is 0. The average molecular weight is 324 g/mol.